The van der Waals surface area contributed by atoms with Crippen LogP contribution in [0.25, 0.3) is 0 Å². The van der Waals surface area contributed by atoms with Gasteiger partial charge in [0, 0.05) is 12.6 Å². The van der Waals surface area contributed by atoms with E-state index in [0.29, 0.717) is 15.9 Å². The van der Waals surface area contributed by atoms with Crippen molar-refractivity contribution in [3.8, 4) is 0 Å². The fraction of sp³-hybridized carbons (Fsp3) is 0.391. The quantitative estimate of drug-likeness (QED) is 0.573. The molecule has 34 heavy (non-hydrogen) atoms. The third-order valence-electron chi connectivity index (χ3n) is 4.93. The molecular weight excluding hydrogens is 471 g/mol. The van der Waals surface area contributed by atoms with Crippen LogP contribution in [0.2, 0.25) is 0 Å². The van der Waals surface area contributed by atoms with Crippen molar-refractivity contribution in [2.24, 2.45) is 0 Å². The highest BCUT2D eigenvalue weighted by molar-refractivity contribution is 7.92. The van der Waals surface area contributed by atoms with E-state index in [4.69, 9.17) is 0 Å². The number of carbonyl (C=O) groups excluding carboxylic acids is 2. The van der Waals surface area contributed by atoms with Crippen molar-refractivity contribution in [1.29, 1.82) is 0 Å². The minimum atomic E-state index is -4.69. The number of benzene rings is 2. The van der Waals surface area contributed by atoms with Crippen LogP contribution in [0.3, 0.4) is 0 Å². The molecule has 2 amide bonds. The standard InChI is InChI=1S/C23H28F3N3O4S/c1-16(2)27-22(31)17(3)28(14-18-9-6-5-7-10-18)21(30)15-29(34(4,32)33)20-12-8-11-19(13-20)23(24,25)26/h5-13,16-17H,14-15H2,1-4H3,(H,27,31)/t17-/m0/s1. The summed E-state index contributed by atoms with van der Waals surface area (Å²) in [7, 11) is -4.13. The minimum Gasteiger partial charge on any atom is -0.352 e. The maximum atomic E-state index is 13.3. The first-order valence-electron chi connectivity index (χ1n) is 10.5. The van der Waals surface area contributed by atoms with Crippen molar-refractivity contribution < 1.29 is 31.2 Å². The lowest BCUT2D eigenvalue weighted by molar-refractivity contribution is -0.139. The zero-order valence-corrected chi connectivity index (χ0v) is 20.2. The molecule has 11 heteroatoms. The van der Waals surface area contributed by atoms with Gasteiger partial charge in [-0.2, -0.15) is 13.2 Å². The van der Waals surface area contributed by atoms with Crippen molar-refractivity contribution in [1.82, 2.24) is 10.2 Å². The van der Waals surface area contributed by atoms with Gasteiger partial charge >= 0.3 is 6.18 Å². The number of sulfonamides is 1. The molecule has 0 saturated heterocycles. The van der Waals surface area contributed by atoms with E-state index in [9.17, 15) is 31.2 Å². The Balaban J connectivity index is 2.42. The highest BCUT2D eigenvalue weighted by Gasteiger charge is 2.33. The molecule has 0 spiro atoms. The predicted molar refractivity (Wildman–Crippen MR) is 123 cm³/mol. The molecule has 0 radical (unpaired) electrons. The number of hydrogen-bond acceptors (Lipinski definition) is 4. The summed E-state index contributed by atoms with van der Waals surface area (Å²) in [4.78, 5) is 27.2. The molecule has 1 atom stereocenters. The zero-order valence-electron chi connectivity index (χ0n) is 19.3. The number of nitrogens with zero attached hydrogens (tertiary/aromatic N) is 2. The second-order valence-corrected chi connectivity index (χ2v) is 10.1. The van der Waals surface area contributed by atoms with Crippen LogP contribution in [0, 0.1) is 0 Å². The van der Waals surface area contributed by atoms with Crippen LogP contribution in [0.15, 0.2) is 54.6 Å². The molecule has 0 unspecified atom stereocenters. The van der Waals surface area contributed by atoms with Gasteiger partial charge in [-0.15, -0.1) is 0 Å². The fourth-order valence-corrected chi connectivity index (χ4v) is 4.06. The van der Waals surface area contributed by atoms with E-state index in [1.165, 1.54) is 17.9 Å². The van der Waals surface area contributed by atoms with Gasteiger partial charge in [-0.05, 0) is 44.5 Å². The Labute approximate surface area is 197 Å². The van der Waals surface area contributed by atoms with Gasteiger partial charge in [-0.25, -0.2) is 8.42 Å². The lowest BCUT2D eigenvalue weighted by atomic mass is 10.1. The Kier molecular flexibility index (Phi) is 8.71. The second-order valence-electron chi connectivity index (χ2n) is 8.16. The Bertz CT molecular complexity index is 1110. The average Bonchev–Trinajstić information content (AvgIpc) is 2.74. The molecule has 2 aromatic rings. The molecule has 2 aromatic carbocycles. The van der Waals surface area contributed by atoms with Gasteiger partial charge in [0.05, 0.1) is 17.5 Å². The fourth-order valence-electron chi connectivity index (χ4n) is 3.22. The van der Waals surface area contributed by atoms with Gasteiger partial charge in [0.1, 0.15) is 12.6 Å². The Morgan fingerprint density at radius 3 is 2.15 bits per heavy atom. The van der Waals surface area contributed by atoms with E-state index in [0.717, 1.165) is 18.4 Å². The van der Waals surface area contributed by atoms with Crippen molar-refractivity contribution in [3.05, 3.63) is 65.7 Å². The van der Waals surface area contributed by atoms with E-state index in [1.807, 2.05) is 0 Å². The van der Waals surface area contributed by atoms with E-state index < -0.39 is 46.2 Å². The van der Waals surface area contributed by atoms with Crippen molar-refractivity contribution in [2.75, 3.05) is 17.1 Å². The molecule has 1 N–H and O–H groups in total. The largest absolute Gasteiger partial charge is 0.416 e. The lowest BCUT2D eigenvalue weighted by Crippen LogP contribution is -2.52. The molecule has 0 heterocycles. The van der Waals surface area contributed by atoms with Crippen LogP contribution in [0.1, 0.15) is 31.9 Å². The molecule has 0 aliphatic carbocycles. The monoisotopic (exact) mass is 499 g/mol. The molecule has 0 saturated carbocycles. The number of carbonyl (C=O) groups is 2. The van der Waals surface area contributed by atoms with E-state index in [-0.39, 0.29) is 18.3 Å². The van der Waals surface area contributed by atoms with E-state index in [2.05, 4.69) is 5.32 Å². The average molecular weight is 500 g/mol. The Morgan fingerprint density at radius 2 is 1.62 bits per heavy atom. The van der Waals surface area contributed by atoms with Gasteiger partial charge < -0.3 is 10.2 Å². The van der Waals surface area contributed by atoms with Crippen molar-refractivity contribution in [3.63, 3.8) is 0 Å². The Morgan fingerprint density at radius 1 is 1.00 bits per heavy atom. The first-order chi connectivity index (χ1) is 15.7. The number of rotatable bonds is 9. The van der Waals surface area contributed by atoms with Crippen molar-refractivity contribution >= 4 is 27.5 Å². The first-order valence-corrected chi connectivity index (χ1v) is 12.3. The van der Waals surface area contributed by atoms with Crippen molar-refractivity contribution in [2.45, 2.75) is 45.6 Å². The predicted octanol–water partition coefficient (Wildman–Crippen LogP) is 3.41. The molecule has 186 valence electrons. The van der Waals surface area contributed by atoms with Gasteiger partial charge in [-0.3, -0.25) is 13.9 Å². The summed E-state index contributed by atoms with van der Waals surface area (Å²) in [5, 5.41) is 2.71. The summed E-state index contributed by atoms with van der Waals surface area (Å²) in [6.45, 7) is 4.26. The van der Waals surface area contributed by atoms with Crippen LogP contribution in [-0.4, -0.2) is 50.0 Å². The molecule has 7 nitrogen and oxygen atoms in total. The number of amides is 2. The van der Waals surface area contributed by atoms with Gasteiger partial charge in [-0.1, -0.05) is 36.4 Å². The number of anilines is 1. The summed E-state index contributed by atoms with van der Waals surface area (Å²) in [6, 6.07) is 11.4. The Hall–Kier alpha value is -3.08. The lowest BCUT2D eigenvalue weighted by Gasteiger charge is -2.32. The van der Waals surface area contributed by atoms with Gasteiger partial charge in [0.2, 0.25) is 21.8 Å². The third kappa shape index (κ3) is 7.47. The van der Waals surface area contributed by atoms with Gasteiger partial charge in [0.15, 0.2) is 0 Å². The summed E-state index contributed by atoms with van der Waals surface area (Å²) in [5.74, 6) is -1.18. The molecule has 0 fully saturated rings. The number of alkyl halides is 3. The smallest absolute Gasteiger partial charge is 0.352 e. The highest BCUT2D eigenvalue weighted by atomic mass is 32.2. The molecule has 0 bridgehead atoms. The van der Waals surface area contributed by atoms with Crippen LogP contribution in [0.4, 0.5) is 18.9 Å². The molecule has 0 aromatic heterocycles. The third-order valence-corrected chi connectivity index (χ3v) is 6.08. The van der Waals surface area contributed by atoms with Crippen LogP contribution in [-0.2, 0) is 32.3 Å². The summed E-state index contributed by atoms with van der Waals surface area (Å²) in [6.07, 6.45) is -3.89. The zero-order chi connectivity index (χ0) is 25.7. The second kappa shape index (κ2) is 10.9. The van der Waals surface area contributed by atoms with Crippen LogP contribution < -0.4 is 9.62 Å². The summed E-state index contributed by atoms with van der Waals surface area (Å²) < 4.78 is 65.0. The number of nitrogens with one attached hydrogen (secondary N) is 1. The molecule has 2 rings (SSSR count). The van der Waals surface area contributed by atoms with E-state index in [1.54, 1.807) is 44.2 Å². The van der Waals surface area contributed by atoms with Crippen LogP contribution in [0.5, 0.6) is 0 Å². The maximum Gasteiger partial charge on any atom is 0.416 e. The van der Waals surface area contributed by atoms with Gasteiger partial charge in [0.25, 0.3) is 0 Å². The van der Waals surface area contributed by atoms with Crippen LogP contribution >= 0.6 is 0 Å². The number of halogens is 3. The summed E-state index contributed by atoms with van der Waals surface area (Å²) >= 11 is 0. The minimum absolute atomic E-state index is 0.00650. The molecule has 0 aliphatic heterocycles. The SMILES string of the molecule is CC(C)NC(=O)[C@H](C)N(Cc1ccccc1)C(=O)CN(c1cccc(C(F)(F)F)c1)S(C)(=O)=O. The molecular formula is C23H28F3N3O4S. The number of hydrogen-bond donors (Lipinski definition) is 1. The first kappa shape index (κ1) is 27.2. The summed E-state index contributed by atoms with van der Waals surface area (Å²) in [5.41, 5.74) is -0.647. The highest BCUT2D eigenvalue weighted by Crippen LogP contribution is 2.32. The maximum absolute atomic E-state index is 13.3. The normalized spacial score (nSPS) is 12.8. The topological polar surface area (TPSA) is 86.8 Å². The molecule has 0 aliphatic rings. The van der Waals surface area contributed by atoms with E-state index >= 15 is 0 Å².